The number of carboxylic acids is 1. The first-order valence-corrected chi connectivity index (χ1v) is 7.66. The van der Waals surface area contributed by atoms with Gasteiger partial charge in [-0.2, -0.15) is 9.58 Å². The summed E-state index contributed by atoms with van der Waals surface area (Å²) in [5, 5.41) is 14.2. The van der Waals surface area contributed by atoms with Crippen LogP contribution in [0.4, 0.5) is 0 Å². The molecular formula is C15H20N6O5. The topological polar surface area (TPSA) is 185 Å². The molecule has 0 saturated heterocycles. The molecule has 0 radical (unpaired) electrons. The third-order valence-electron chi connectivity index (χ3n) is 3.16. The number of ketones is 2. The van der Waals surface area contributed by atoms with E-state index in [9.17, 15) is 19.2 Å². The van der Waals surface area contributed by atoms with Gasteiger partial charge in [-0.05, 0) is 26.0 Å². The Bertz CT molecular complexity index is 661. The van der Waals surface area contributed by atoms with Crippen LogP contribution in [-0.2, 0) is 19.2 Å². The van der Waals surface area contributed by atoms with E-state index in [1.165, 1.54) is 6.20 Å². The molecule has 0 bridgehead atoms. The van der Waals surface area contributed by atoms with Gasteiger partial charge in [-0.1, -0.05) is 6.08 Å². The lowest BCUT2D eigenvalue weighted by atomic mass is 10.1. The summed E-state index contributed by atoms with van der Waals surface area (Å²) in [6, 6.07) is -2.23. The summed E-state index contributed by atoms with van der Waals surface area (Å²) in [5.74, 6) is -3.10. The highest BCUT2D eigenvalue weighted by Crippen LogP contribution is 2.03. The highest BCUT2D eigenvalue weighted by molar-refractivity contribution is 6.25. The average Bonchev–Trinajstić information content (AvgIpc) is 2.58. The predicted molar refractivity (Wildman–Crippen MR) is 89.2 cm³/mol. The van der Waals surface area contributed by atoms with Gasteiger partial charge in [0.1, 0.15) is 12.1 Å². The van der Waals surface area contributed by atoms with E-state index in [1.54, 1.807) is 13.0 Å². The first kappa shape index (κ1) is 22.6. The number of nitrogens with one attached hydrogen (secondary N) is 2. The van der Waals surface area contributed by atoms with E-state index in [0.717, 1.165) is 0 Å². The van der Waals surface area contributed by atoms with Gasteiger partial charge in [0.05, 0.1) is 0 Å². The maximum absolute atomic E-state index is 12.3. The molecule has 140 valence electrons. The van der Waals surface area contributed by atoms with Gasteiger partial charge >= 0.3 is 18.4 Å². The third-order valence-corrected chi connectivity index (χ3v) is 3.16. The lowest BCUT2D eigenvalue weighted by molar-refractivity contribution is -0.142. The fraction of sp³-hybridized carbons (Fsp3) is 0.467. The van der Waals surface area contributed by atoms with Crippen molar-refractivity contribution in [3.05, 3.63) is 23.3 Å². The number of carboxylic acid groups (broad SMARTS) is 1. The zero-order valence-corrected chi connectivity index (χ0v) is 14.2. The van der Waals surface area contributed by atoms with Crippen molar-refractivity contribution in [1.82, 2.24) is 10.6 Å². The number of Topliss-reactive ketones (excluding diaryl/α,β-unsaturated/α-hetero) is 2. The molecule has 0 heterocycles. The zero-order valence-electron chi connectivity index (χ0n) is 14.2. The SMILES string of the molecule is C/C=C\NC(CCC(=O)C=[N+]=[N-])C(=O)NC(CCC(=O)C=[N+]=[N-])C(=O)O. The second kappa shape index (κ2) is 12.9. The Hall–Kier alpha value is -3.42. The van der Waals surface area contributed by atoms with Crippen molar-refractivity contribution in [3.8, 4) is 0 Å². The third kappa shape index (κ3) is 9.66. The molecule has 0 aromatic carbocycles. The monoisotopic (exact) mass is 364 g/mol. The number of nitrogens with zero attached hydrogens (tertiary/aromatic N) is 4. The number of hydrogen-bond donors (Lipinski definition) is 3. The number of carbonyl (C=O) groups is 4. The van der Waals surface area contributed by atoms with Crippen LogP contribution < -0.4 is 10.6 Å². The molecule has 26 heavy (non-hydrogen) atoms. The fourth-order valence-corrected chi connectivity index (χ4v) is 1.86. The summed E-state index contributed by atoms with van der Waals surface area (Å²) in [6.45, 7) is 1.69. The molecule has 1 amide bonds. The van der Waals surface area contributed by atoms with E-state index in [1.807, 2.05) is 0 Å². The van der Waals surface area contributed by atoms with Crippen molar-refractivity contribution in [3.63, 3.8) is 0 Å². The van der Waals surface area contributed by atoms with Gasteiger partial charge in [-0.25, -0.2) is 4.79 Å². The van der Waals surface area contributed by atoms with Crippen LogP contribution in [0.2, 0.25) is 0 Å². The highest BCUT2D eigenvalue weighted by Gasteiger charge is 2.26. The molecule has 11 heteroatoms. The van der Waals surface area contributed by atoms with Crippen LogP contribution in [0.25, 0.3) is 11.1 Å². The van der Waals surface area contributed by atoms with Crippen molar-refractivity contribution in [1.29, 1.82) is 0 Å². The largest absolute Gasteiger partial charge is 0.480 e. The van der Waals surface area contributed by atoms with Crippen molar-refractivity contribution in [2.45, 2.75) is 44.7 Å². The lowest BCUT2D eigenvalue weighted by Crippen LogP contribution is -2.49. The Labute approximate surface area is 149 Å². The molecule has 0 aromatic heterocycles. The Morgan fingerprint density at radius 3 is 1.92 bits per heavy atom. The van der Waals surface area contributed by atoms with Crippen LogP contribution in [0.1, 0.15) is 32.6 Å². The van der Waals surface area contributed by atoms with Gasteiger partial charge in [0.2, 0.25) is 17.5 Å². The number of rotatable bonds is 13. The summed E-state index contributed by atoms with van der Waals surface area (Å²) < 4.78 is 0. The van der Waals surface area contributed by atoms with Crippen LogP contribution in [0.5, 0.6) is 0 Å². The number of allylic oxidation sites excluding steroid dienone is 1. The fourth-order valence-electron chi connectivity index (χ4n) is 1.86. The van der Waals surface area contributed by atoms with E-state index in [2.05, 4.69) is 20.2 Å². The zero-order chi connectivity index (χ0) is 19.9. The molecule has 0 rings (SSSR count). The van der Waals surface area contributed by atoms with Crippen molar-refractivity contribution >= 4 is 35.9 Å². The summed E-state index contributed by atoms with van der Waals surface area (Å²) in [4.78, 5) is 51.3. The molecule has 0 aromatic rings. The minimum absolute atomic E-state index is 0.0312. The highest BCUT2D eigenvalue weighted by atomic mass is 16.4. The average molecular weight is 364 g/mol. The maximum Gasteiger partial charge on any atom is 0.326 e. The van der Waals surface area contributed by atoms with Crippen molar-refractivity contribution < 1.29 is 33.9 Å². The molecule has 3 N–H and O–H groups in total. The molecule has 0 fully saturated rings. The molecule has 0 aliphatic heterocycles. The van der Waals surface area contributed by atoms with Crippen LogP contribution in [0.3, 0.4) is 0 Å². The van der Waals surface area contributed by atoms with E-state index in [4.69, 9.17) is 16.2 Å². The van der Waals surface area contributed by atoms with Crippen LogP contribution >= 0.6 is 0 Å². The summed E-state index contributed by atoms with van der Waals surface area (Å²) in [7, 11) is 0. The van der Waals surface area contributed by atoms with E-state index in [-0.39, 0.29) is 25.7 Å². The summed E-state index contributed by atoms with van der Waals surface area (Å²) in [6.07, 6.45) is 3.92. The first-order valence-electron chi connectivity index (χ1n) is 7.66. The molecule has 11 nitrogen and oxygen atoms in total. The number of carbonyl (C=O) groups excluding carboxylic acids is 3. The number of amides is 1. The predicted octanol–water partition coefficient (Wildman–Crippen LogP) is -0.653. The normalized spacial score (nSPS) is 12.2. The lowest BCUT2D eigenvalue weighted by Gasteiger charge is -2.20. The Balaban J connectivity index is 4.94. The van der Waals surface area contributed by atoms with Crippen molar-refractivity contribution in [2.24, 2.45) is 0 Å². The van der Waals surface area contributed by atoms with Gasteiger partial charge in [-0.15, -0.1) is 0 Å². The van der Waals surface area contributed by atoms with Crippen LogP contribution in [-0.4, -0.2) is 62.6 Å². The molecule has 2 atom stereocenters. The minimum atomic E-state index is -1.33. The van der Waals surface area contributed by atoms with Crippen molar-refractivity contribution in [2.75, 3.05) is 0 Å². The van der Waals surface area contributed by atoms with Gasteiger partial charge in [0, 0.05) is 12.8 Å². The Kier molecular flexibility index (Phi) is 11.2. The van der Waals surface area contributed by atoms with Gasteiger partial charge < -0.3 is 26.8 Å². The molecule has 0 spiro atoms. The smallest absolute Gasteiger partial charge is 0.326 e. The van der Waals surface area contributed by atoms with E-state index >= 15 is 0 Å². The van der Waals surface area contributed by atoms with E-state index < -0.39 is 35.5 Å². The number of hydrogen-bond acceptors (Lipinski definition) is 5. The van der Waals surface area contributed by atoms with Gasteiger partial charge in [0.25, 0.3) is 0 Å². The summed E-state index contributed by atoms with van der Waals surface area (Å²) in [5.41, 5.74) is 16.5. The second-order valence-corrected chi connectivity index (χ2v) is 5.12. The minimum Gasteiger partial charge on any atom is -0.480 e. The van der Waals surface area contributed by atoms with Gasteiger partial charge in [0.15, 0.2) is 0 Å². The van der Waals surface area contributed by atoms with E-state index in [0.29, 0.717) is 12.4 Å². The molecule has 0 aliphatic rings. The first-order chi connectivity index (χ1) is 12.3. The van der Waals surface area contributed by atoms with Gasteiger partial charge in [-0.3, -0.25) is 14.4 Å². The van der Waals surface area contributed by atoms with Crippen LogP contribution in [0.15, 0.2) is 12.3 Å². The molecule has 0 saturated carbocycles. The Morgan fingerprint density at radius 2 is 1.50 bits per heavy atom. The maximum atomic E-state index is 12.3. The molecule has 0 aliphatic carbocycles. The Morgan fingerprint density at radius 1 is 1.00 bits per heavy atom. The quantitative estimate of drug-likeness (QED) is 0.221. The summed E-state index contributed by atoms with van der Waals surface area (Å²) >= 11 is 0. The standard InChI is InChI=1S/C15H20N6O5/c1-2-7-18-12(5-3-10(22)8-19-16)14(24)21-13(15(25)26)6-4-11(23)9-20-17/h2,7-9,12-13,18H,3-6H2,1H3,(H,21,24)(H,25,26)/b7-2-. The second-order valence-electron chi connectivity index (χ2n) is 5.12. The molecule has 2 unspecified atom stereocenters. The van der Waals surface area contributed by atoms with Crippen LogP contribution in [0, 0.1) is 0 Å². The number of aliphatic carboxylic acids is 1. The molecular weight excluding hydrogens is 344 g/mol.